The van der Waals surface area contributed by atoms with Crippen LogP contribution in [0.25, 0.3) is 0 Å². The fraction of sp³-hybridized carbons (Fsp3) is 0.421. The van der Waals surface area contributed by atoms with Crippen LogP contribution >= 0.6 is 23.2 Å². The van der Waals surface area contributed by atoms with E-state index >= 15 is 0 Å². The highest BCUT2D eigenvalue weighted by Crippen LogP contribution is 2.27. The summed E-state index contributed by atoms with van der Waals surface area (Å²) in [5.74, 6) is -0.374. The first kappa shape index (κ1) is 20.5. The molecule has 0 saturated heterocycles. The Bertz CT molecular complexity index is 934. The molecule has 0 aliphatic carbocycles. The van der Waals surface area contributed by atoms with Gasteiger partial charge < -0.3 is 15.0 Å². The highest BCUT2D eigenvalue weighted by Gasteiger charge is 2.31. The molecule has 7 nitrogen and oxygen atoms in total. The van der Waals surface area contributed by atoms with Crippen LogP contribution in [0.3, 0.4) is 0 Å². The molecule has 0 atom stereocenters. The zero-order valence-electron chi connectivity index (χ0n) is 16.2. The Hall–Kier alpha value is -2.25. The van der Waals surface area contributed by atoms with Gasteiger partial charge in [0.25, 0.3) is 5.91 Å². The first-order valence-corrected chi connectivity index (χ1v) is 9.60. The number of hydrogen-bond donors (Lipinski definition) is 1. The molecule has 1 N–H and O–H groups in total. The largest absolute Gasteiger partial charge is 0.444 e. The Labute approximate surface area is 173 Å². The summed E-state index contributed by atoms with van der Waals surface area (Å²) >= 11 is 11.9. The minimum Gasteiger partial charge on any atom is -0.444 e. The summed E-state index contributed by atoms with van der Waals surface area (Å²) < 4.78 is 7.14. The van der Waals surface area contributed by atoms with Gasteiger partial charge in [0.1, 0.15) is 5.60 Å². The average molecular weight is 425 g/mol. The van der Waals surface area contributed by atoms with Crippen molar-refractivity contribution in [2.45, 2.75) is 39.3 Å². The van der Waals surface area contributed by atoms with Crippen LogP contribution in [0, 0.1) is 0 Å². The number of halogens is 2. The predicted molar refractivity (Wildman–Crippen MR) is 108 cm³/mol. The molecule has 28 heavy (non-hydrogen) atoms. The maximum Gasteiger partial charge on any atom is 0.410 e. The molecule has 1 aliphatic rings. The van der Waals surface area contributed by atoms with Gasteiger partial charge in [0.15, 0.2) is 5.69 Å². The number of amides is 2. The summed E-state index contributed by atoms with van der Waals surface area (Å²) in [5.41, 5.74) is 1.85. The van der Waals surface area contributed by atoms with Gasteiger partial charge in [-0.05, 0) is 39.0 Å². The van der Waals surface area contributed by atoms with E-state index in [9.17, 15) is 9.59 Å². The Kier molecular flexibility index (Phi) is 5.59. The molecule has 3 rings (SSSR count). The molecule has 9 heteroatoms. The smallest absolute Gasteiger partial charge is 0.410 e. The molecule has 0 spiro atoms. The number of benzene rings is 1. The van der Waals surface area contributed by atoms with Crippen LogP contribution in [-0.2, 0) is 24.8 Å². The number of carbonyl (C=O) groups excluding carboxylic acids is 2. The lowest BCUT2D eigenvalue weighted by Crippen LogP contribution is -2.40. The molecule has 1 aromatic heterocycles. The fourth-order valence-electron chi connectivity index (χ4n) is 3.02. The minimum absolute atomic E-state index is 0.266. The second-order valence-electron chi connectivity index (χ2n) is 7.63. The zero-order valence-corrected chi connectivity index (χ0v) is 17.7. The molecule has 150 valence electrons. The average Bonchev–Trinajstić information content (AvgIpc) is 2.93. The van der Waals surface area contributed by atoms with Gasteiger partial charge in [-0.15, -0.1) is 0 Å². The van der Waals surface area contributed by atoms with E-state index in [1.54, 1.807) is 34.8 Å². The number of nitrogens with zero attached hydrogens (tertiary/aromatic N) is 3. The number of carbonyl (C=O) groups is 2. The maximum atomic E-state index is 12.8. The van der Waals surface area contributed by atoms with Gasteiger partial charge >= 0.3 is 6.09 Å². The van der Waals surface area contributed by atoms with Crippen LogP contribution in [0.1, 0.15) is 42.5 Å². The lowest BCUT2D eigenvalue weighted by atomic mass is 10.0. The Morgan fingerprint density at radius 3 is 2.57 bits per heavy atom. The van der Waals surface area contributed by atoms with Crippen LogP contribution < -0.4 is 5.32 Å². The Morgan fingerprint density at radius 1 is 1.21 bits per heavy atom. The van der Waals surface area contributed by atoms with Crippen LogP contribution in [0.2, 0.25) is 10.0 Å². The van der Waals surface area contributed by atoms with Crippen molar-refractivity contribution in [3.8, 4) is 0 Å². The highest BCUT2D eigenvalue weighted by molar-refractivity contribution is 6.42. The van der Waals surface area contributed by atoms with Crippen LogP contribution in [-0.4, -0.2) is 38.8 Å². The monoisotopic (exact) mass is 424 g/mol. The number of aryl methyl sites for hydroxylation is 1. The van der Waals surface area contributed by atoms with E-state index in [2.05, 4.69) is 10.4 Å². The standard InChI is InChI=1S/C19H22Cl2N4O3/c1-19(2,3)28-18(27)25-8-7-15-12(10-25)16(23-24(15)4)17(26)22-11-5-6-13(20)14(21)9-11/h5-6,9H,7-8,10H2,1-4H3,(H,22,26). The summed E-state index contributed by atoms with van der Waals surface area (Å²) in [6, 6.07) is 4.84. The van der Waals surface area contributed by atoms with E-state index < -0.39 is 11.7 Å². The number of rotatable bonds is 2. The molecular formula is C19H22Cl2N4O3. The summed E-state index contributed by atoms with van der Waals surface area (Å²) in [4.78, 5) is 26.8. The molecule has 0 radical (unpaired) electrons. The minimum atomic E-state index is -0.583. The van der Waals surface area contributed by atoms with E-state index in [1.165, 1.54) is 0 Å². The fourth-order valence-corrected chi connectivity index (χ4v) is 3.32. The molecule has 2 heterocycles. The Morgan fingerprint density at radius 2 is 1.93 bits per heavy atom. The number of anilines is 1. The summed E-state index contributed by atoms with van der Waals surface area (Å²) in [7, 11) is 1.79. The van der Waals surface area contributed by atoms with Crippen molar-refractivity contribution in [2.24, 2.45) is 7.05 Å². The highest BCUT2D eigenvalue weighted by atomic mass is 35.5. The van der Waals surface area contributed by atoms with Crippen molar-refractivity contribution < 1.29 is 14.3 Å². The van der Waals surface area contributed by atoms with Gasteiger partial charge in [-0.2, -0.15) is 5.10 Å². The second-order valence-corrected chi connectivity index (χ2v) is 8.45. The topological polar surface area (TPSA) is 76.5 Å². The van der Waals surface area contributed by atoms with Crippen LogP contribution in [0.15, 0.2) is 18.2 Å². The van der Waals surface area contributed by atoms with Gasteiger partial charge in [0.2, 0.25) is 0 Å². The molecule has 2 amide bonds. The first-order chi connectivity index (χ1) is 13.0. The summed E-state index contributed by atoms with van der Waals surface area (Å²) in [5, 5.41) is 7.89. The third-order valence-electron chi connectivity index (χ3n) is 4.29. The molecule has 1 aromatic carbocycles. The van der Waals surface area contributed by atoms with Gasteiger partial charge in [0, 0.05) is 37.0 Å². The predicted octanol–water partition coefficient (Wildman–Crippen LogP) is 4.27. The second kappa shape index (κ2) is 7.64. The summed E-state index contributed by atoms with van der Waals surface area (Å²) in [6.45, 7) is 6.24. The van der Waals surface area contributed by atoms with Crippen molar-refractivity contribution >= 4 is 40.9 Å². The van der Waals surface area contributed by atoms with Crippen molar-refractivity contribution in [2.75, 3.05) is 11.9 Å². The van der Waals surface area contributed by atoms with Gasteiger partial charge in [0.05, 0.1) is 16.6 Å². The van der Waals surface area contributed by atoms with Gasteiger partial charge in [-0.3, -0.25) is 9.48 Å². The van der Waals surface area contributed by atoms with Crippen molar-refractivity contribution in [3.63, 3.8) is 0 Å². The van der Waals surface area contributed by atoms with E-state index in [1.807, 2.05) is 20.8 Å². The van der Waals surface area contributed by atoms with Crippen molar-refractivity contribution in [1.82, 2.24) is 14.7 Å². The normalized spacial score (nSPS) is 13.9. The van der Waals surface area contributed by atoms with Crippen molar-refractivity contribution in [1.29, 1.82) is 0 Å². The molecule has 2 aromatic rings. The first-order valence-electron chi connectivity index (χ1n) is 8.84. The lowest BCUT2D eigenvalue weighted by Gasteiger charge is -2.30. The molecule has 0 saturated carbocycles. The zero-order chi connectivity index (χ0) is 20.6. The number of nitrogens with one attached hydrogen (secondary N) is 1. The van der Waals surface area contributed by atoms with E-state index in [4.69, 9.17) is 27.9 Å². The molecule has 0 bridgehead atoms. The quantitative estimate of drug-likeness (QED) is 0.780. The third kappa shape index (κ3) is 4.42. The van der Waals surface area contributed by atoms with Crippen molar-refractivity contribution in [3.05, 3.63) is 45.2 Å². The van der Waals surface area contributed by atoms with E-state index in [-0.39, 0.29) is 18.1 Å². The van der Waals surface area contributed by atoms with Crippen LogP contribution in [0.4, 0.5) is 10.5 Å². The number of hydrogen-bond acceptors (Lipinski definition) is 4. The number of fused-ring (bicyclic) bond motifs is 1. The molecule has 0 fully saturated rings. The number of aromatic nitrogens is 2. The van der Waals surface area contributed by atoms with Crippen LogP contribution in [0.5, 0.6) is 0 Å². The molecular weight excluding hydrogens is 403 g/mol. The summed E-state index contributed by atoms with van der Waals surface area (Å²) in [6.07, 6.45) is 0.191. The maximum absolute atomic E-state index is 12.8. The van der Waals surface area contributed by atoms with E-state index in [0.29, 0.717) is 28.7 Å². The number of ether oxygens (including phenoxy) is 1. The van der Waals surface area contributed by atoms with E-state index in [0.717, 1.165) is 11.3 Å². The van der Waals surface area contributed by atoms with Gasteiger partial charge in [-0.25, -0.2) is 4.79 Å². The molecule has 1 aliphatic heterocycles. The molecule has 0 unspecified atom stereocenters. The lowest BCUT2D eigenvalue weighted by molar-refractivity contribution is 0.0222. The van der Waals surface area contributed by atoms with Gasteiger partial charge in [-0.1, -0.05) is 23.2 Å². The third-order valence-corrected chi connectivity index (χ3v) is 5.03. The SMILES string of the molecule is Cn1nc(C(=O)Nc2ccc(Cl)c(Cl)c2)c2c1CCN(C(=O)OC(C)(C)C)C2. The Balaban J connectivity index is 1.82.